The molecule has 1 saturated heterocycles. The van der Waals surface area contributed by atoms with E-state index >= 15 is 0 Å². The van der Waals surface area contributed by atoms with Gasteiger partial charge in [-0.3, -0.25) is 14.7 Å². The molecule has 3 heterocycles. The molecule has 0 radical (unpaired) electrons. The molecule has 198 valence electrons. The number of ether oxygens (including phenoxy) is 1. The maximum Gasteiger partial charge on any atom is 0.410 e. The van der Waals surface area contributed by atoms with Crippen LogP contribution in [-0.4, -0.2) is 56.5 Å². The first kappa shape index (κ1) is 25.5. The van der Waals surface area contributed by atoms with Gasteiger partial charge in [0.05, 0.1) is 16.8 Å². The van der Waals surface area contributed by atoms with E-state index in [0.717, 1.165) is 10.9 Å². The Morgan fingerprint density at radius 3 is 2.51 bits per heavy atom. The number of fused-ring (bicyclic) bond motifs is 1. The first-order valence-electron chi connectivity index (χ1n) is 12.1. The van der Waals surface area contributed by atoms with Crippen molar-refractivity contribution in [2.75, 3.05) is 17.2 Å². The van der Waals surface area contributed by atoms with Crippen LogP contribution in [0.4, 0.5) is 16.4 Å². The number of carbonyl (C=O) groups is 3. The number of anilines is 2. The van der Waals surface area contributed by atoms with Crippen LogP contribution in [0.3, 0.4) is 0 Å². The third-order valence-electron chi connectivity index (χ3n) is 6.26. The molecule has 2 atom stereocenters. The van der Waals surface area contributed by atoms with Crippen LogP contribution in [0.5, 0.6) is 0 Å². The van der Waals surface area contributed by atoms with Crippen molar-refractivity contribution in [2.24, 2.45) is 5.90 Å². The monoisotopic (exact) mass is 527 g/mol. The van der Waals surface area contributed by atoms with Gasteiger partial charge in [-0.15, -0.1) is 0 Å². The summed E-state index contributed by atoms with van der Waals surface area (Å²) in [6, 6.07) is 17.3. The maximum atomic E-state index is 13.5. The third-order valence-corrected chi connectivity index (χ3v) is 6.26. The van der Waals surface area contributed by atoms with Crippen molar-refractivity contribution in [1.82, 2.24) is 19.9 Å². The topological polar surface area (TPSA) is 162 Å². The summed E-state index contributed by atoms with van der Waals surface area (Å²) in [4.78, 5) is 56.3. The van der Waals surface area contributed by atoms with Gasteiger partial charge in [0.1, 0.15) is 12.6 Å². The van der Waals surface area contributed by atoms with Gasteiger partial charge >= 0.3 is 12.1 Å². The molecule has 0 saturated carbocycles. The zero-order chi connectivity index (χ0) is 27.2. The highest BCUT2D eigenvalue weighted by atomic mass is 16.7. The van der Waals surface area contributed by atoms with Crippen LogP contribution < -0.4 is 16.5 Å². The quantitative estimate of drug-likeness (QED) is 0.305. The van der Waals surface area contributed by atoms with Crippen LogP contribution in [-0.2, 0) is 21.0 Å². The SMILES string of the molecule is NOC(=O)c1cnc(N[C@H]2C[C@@H](C(=O)Nc3cccc4cccnc34)N(C(=O)OCc3ccccc3)C2)nc1. The number of para-hydroxylation sites is 1. The number of nitrogens with two attached hydrogens (primary N) is 1. The van der Waals surface area contributed by atoms with Crippen molar-refractivity contribution in [3.8, 4) is 0 Å². The predicted octanol–water partition coefficient (Wildman–Crippen LogP) is 2.89. The van der Waals surface area contributed by atoms with Gasteiger partial charge in [-0.25, -0.2) is 19.6 Å². The smallest absolute Gasteiger partial charge is 0.410 e. The van der Waals surface area contributed by atoms with Gasteiger partial charge in [-0.1, -0.05) is 48.5 Å². The van der Waals surface area contributed by atoms with Crippen LogP contribution >= 0.6 is 0 Å². The van der Waals surface area contributed by atoms with E-state index in [1.165, 1.54) is 17.3 Å². The molecule has 0 unspecified atom stereocenters. The van der Waals surface area contributed by atoms with Crippen molar-refractivity contribution in [3.63, 3.8) is 0 Å². The van der Waals surface area contributed by atoms with Gasteiger partial charge in [0.2, 0.25) is 11.9 Å². The van der Waals surface area contributed by atoms with Crippen molar-refractivity contribution in [2.45, 2.75) is 25.1 Å². The summed E-state index contributed by atoms with van der Waals surface area (Å²) in [6.45, 7) is 0.229. The molecule has 1 aliphatic heterocycles. The minimum absolute atomic E-state index is 0.0671. The fourth-order valence-electron chi connectivity index (χ4n) is 4.37. The van der Waals surface area contributed by atoms with Gasteiger partial charge < -0.3 is 20.2 Å². The van der Waals surface area contributed by atoms with E-state index in [2.05, 4.69) is 30.4 Å². The number of pyridine rings is 1. The molecule has 1 aliphatic rings. The summed E-state index contributed by atoms with van der Waals surface area (Å²) >= 11 is 0. The van der Waals surface area contributed by atoms with Crippen LogP contribution in [0.25, 0.3) is 10.9 Å². The number of benzene rings is 2. The van der Waals surface area contributed by atoms with Crippen LogP contribution in [0, 0.1) is 0 Å². The Labute approximate surface area is 223 Å². The average Bonchev–Trinajstić information content (AvgIpc) is 3.40. The molecular weight excluding hydrogens is 502 g/mol. The molecule has 2 amide bonds. The molecule has 12 heteroatoms. The van der Waals surface area contributed by atoms with Gasteiger partial charge in [0.15, 0.2) is 0 Å². The van der Waals surface area contributed by atoms with E-state index in [0.29, 0.717) is 11.2 Å². The summed E-state index contributed by atoms with van der Waals surface area (Å²) in [7, 11) is 0. The lowest BCUT2D eigenvalue weighted by atomic mass is 10.1. The van der Waals surface area contributed by atoms with Crippen molar-refractivity contribution < 1.29 is 24.0 Å². The number of aromatic nitrogens is 3. The Morgan fingerprint density at radius 2 is 1.74 bits per heavy atom. The number of nitrogens with one attached hydrogen (secondary N) is 2. The Bertz CT molecular complexity index is 1480. The maximum absolute atomic E-state index is 13.5. The fraction of sp³-hybridized carbons (Fsp3) is 0.185. The first-order valence-corrected chi connectivity index (χ1v) is 12.1. The highest BCUT2D eigenvalue weighted by molar-refractivity contribution is 6.03. The molecule has 0 spiro atoms. The molecule has 0 bridgehead atoms. The Kier molecular flexibility index (Phi) is 7.55. The van der Waals surface area contributed by atoms with Gasteiger partial charge in [-0.05, 0) is 24.1 Å². The second kappa shape index (κ2) is 11.5. The van der Waals surface area contributed by atoms with E-state index in [9.17, 15) is 14.4 Å². The van der Waals surface area contributed by atoms with E-state index in [1.54, 1.807) is 12.3 Å². The lowest BCUT2D eigenvalue weighted by Gasteiger charge is -2.23. The Hall–Kier alpha value is -5.10. The molecule has 4 aromatic rings. The first-order chi connectivity index (χ1) is 19.0. The highest BCUT2D eigenvalue weighted by Gasteiger charge is 2.41. The fourth-order valence-corrected chi connectivity index (χ4v) is 4.37. The Balaban J connectivity index is 1.33. The van der Waals surface area contributed by atoms with Crippen LogP contribution in [0.15, 0.2) is 79.3 Å². The normalized spacial score (nSPS) is 16.5. The predicted molar refractivity (Wildman–Crippen MR) is 141 cm³/mol. The molecular formula is C27H25N7O5. The molecule has 39 heavy (non-hydrogen) atoms. The molecule has 2 aromatic carbocycles. The van der Waals surface area contributed by atoms with Crippen LogP contribution in [0.1, 0.15) is 22.3 Å². The van der Waals surface area contributed by atoms with Crippen molar-refractivity contribution >= 4 is 40.5 Å². The third kappa shape index (κ3) is 5.91. The van der Waals surface area contributed by atoms with E-state index in [-0.39, 0.29) is 43.0 Å². The Morgan fingerprint density at radius 1 is 0.974 bits per heavy atom. The summed E-state index contributed by atoms with van der Waals surface area (Å²) in [5.74, 6) is 3.96. The standard InChI is InChI=1S/C27H25N7O5/c28-39-25(36)19-13-30-26(31-14-19)32-20-12-22(34(15-20)27(37)38-16-17-6-2-1-3-7-17)24(35)33-21-10-4-8-18-9-5-11-29-23(18)21/h1-11,13-14,20,22H,12,15-16,28H2,(H,33,35)(H,30,31,32)/t20-,22-/m0/s1. The minimum Gasteiger partial charge on any atom is -0.445 e. The molecule has 0 aliphatic carbocycles. The summed E-state index contributed by atoms with van der Waals surface area (Å²) in [5, 5.41) is 6.91. The van der Waals surface area contributed by atoms with Crippen molar-refractivity contribution in [1.29, 1.82) is 0 Å². The molecule has 5 rings (SSSR count). The number of likely N-dealkylation sites (tertiary alicyclic amines) is 1. The molecule has 1 fully saturated rings. The second-order valence-electron chi connectivity index (χ2n) is 8.86. The van der Waals surface area contributed by atoms with E-state index < -0.39 is 18.1 Å². The van der Waals surface area contributed by atoms with Gasteiger partial charge in [-0.2, -0.15) is 5.90 Å². The number of rotatable bonds is 7. The number of hydrogen-bond acceptors (Lipinski definition) is 10. The van der Waals surface area contributed by atoms with Crippen LogP contribution in [0.2, 0.25) is 0 Å². The minimum atomic E-state index is -0.837. The average molecular weight is 528 g/mol. The molecule has 12 nitrogen and oxygen atoms in total. The van der Waals surface area contributed by atoms with E-state index in [1.807, 2.05) is 54.6 Å². The van der Waals surface area contributed by atoms with E-state index in [4.69, 9.17) is 10.6 Å². The highest BCUT2D eigenvalue weighted by Crippen LogP contribution is 2.26. The van der Waals surface area contributed by atoms with Gasteiger partial charge in [0.25, 0.3) is 0 Å². The van der Waals surface area contributed by atoms with Gasteiger partial charge in [0, 0.05) is 36.6 Å². The molecule has 4 N–H and O–H groups in total. The number of hydrogen-bond donors (Lipinski definition) is 3. The largest absolute Gasteiger partial charge is 0.445 e. The number of nitrogens with zero attached hydrogens (tertiary/aromatic N) is 4. The summed E-state index contributed by atoms with van der Waals surface area (Å²) in [5.41, 5.74) is 2.09. The zero-order valence-electron chi connectivity index (χ0n) is 20.7. The number of carbonyl (C=O) groups excluding carboxylic acids is 3. The summed E-state index contributed by atoms with van der Waals surface area (Å²) in [6.07, 6.45) is 3.83. The number of amides is 2. The second-order valence-corrected chi connectivity index (χ2v) is 8.86. The lowest BCUT2D eigenvalue weighted by Crippen LogP contribution is -2.43. The zero-order valence-corrected chi connectivity index (χ0v) is 20.7. The van der Waals surface area contributed by atoms with Crippen molar-refractivity contribution in [3.05, 3.63) is 90.4 Å². The lowest BCUT2D eigenvalue weighted by molar-refractivity contribution is -0.120. The summed E-state index contributed by atoms with van der Waals surface area (Å²) < 4.78 is 5.54. The molecule has 2 aromatic heterocycles.